The molecule has 0 aliphatic carbocycles. The number of ketones is 1. The molecule has 120 valence electrons. The zero-order valence-corrected chi connectivity index (χ0v) is 12.5. The first-order chi connectivity index (χ1) is 11.5. The largest absolute Gasteiger partial charge is 0.507 e. The first-order valence-electron chi connectivity index (χ1n) is 7.22. The maximum absolute atomic E-state index is 12.8. The second-order valence-electron chi connectivity index (χ2n) is 5.22. The molecule has 0 unspecified atom stereocenters. The Morgan fingerprint density at radius 1 is 0.958 bits per heavy atom. The van der Waals surface area contributed by atoms with E-state index in [4.69, 9.17) is 4.74 Å². The van der Waals surface area contributed by atoms with Crippen molar-refractivity contribution in [2.24, 2.45) is 0 Å². The number of fused-ring (bicyclic) bond motifs is 1. The molecule has 0 saturated carbocycles. The first kappa shape index (κ1) is 15.7. The minimum absolute atomic E-state index is 0.0133. The number of ether oxygens (including phenoxy) is 1. The predicted octanol–water partition coefficient (Wildman–Crippen LogP) is 3.72. The summed E-state index contributed by atoms with van der Waals surface area (Å²) in [7, 11) is 0. The molecule has 0 atom stereocenters. The molecule has 0 aliphatic rings. The minimum atomic E-state index is -0.797. The number of benzene rings is 3. The number of halogens is 1. The van der Waals surface area contributed by atoms with Crippen molar-refractivity contribution in [3.63, 3.8) is 0 Å². The van der Waals surface area contributed by atoms with Gasteiger partial charge in [0.2, 0.25) is 0 Å². The normalized spacial score (nSPS) is 10.5. The summed E-state index contributed by atoms with van der Waals surface area (Å²) in [5, 5.41) is 11.5. The molecule has 3 aromatic rings. The highest BCUT2D eigenvalue weighted by molar-refractivity contribution is 6.01. The van der Waals surface area contributed by atoms with Crippen LogP contribution in [0.4, 0.5) is 4.39 Å². The van der Waals surface area contributed by atoms with E-state index in [-0.39, 0.29) is 16.9 Å². The number of rotatable bonds is 4. The predicted molar refractivity (Wildman–Crippen MR) is 86.6 cm³/mol. The Hall–Kier alpha value is -3.21. The smallest absolute Gasteiger partial charge is 0.342 e. The van der Waals surface area contributed by atoms with Crippen LogP contribution in [-0.2, 0) is 4.74 Å². The molecule has 1 N–H and O–H groups in total. The van der Waals surface area contributed by atoms with Gasteiger partial charge in [0, 0.05) is 5.56 Å². The molecule has 0 aromatic heterocycles. The topological polar surface area (TPSA) is 63.6 Å². The van der Waals surface area contributed by atoms with Crippen molar-refractivity contribution < 1.29 is 23.8 Å². The lowest BCUT2D eigenvalue weighted by Crippen LogP contribution is -2.14. The van der Waals surface area contributed by atoms with E-state index in [1.165, 1.54) is 24.3 Å². The fraction of sp³-hybridized carbons (Fsp3) is 0.0526. The summed E-state index contributed by atoms with van der Waals surface area (Å²) in [5.41, 5.74) is 0.229. The molecule has 24 heavy (non-hydrogen) atoms. The molecular weight excluding hydrogens is 311 g/mol. The van der Waals surface area contributed by atoms with Gasteiger partial charge in [0.1, 0.15) is 17.1 Å². The highest BCUT2D eigenvalue weighted by atomic mass is 19.1. The van der Waals surface area contributed by atoms with Gasteiger partial charge in [-0.1, -0.05) is 24.3 Å². The van der Waals surface area contributed by atoms with Gasteiger partial charge in [-0.25, -0.2) is 9.18 Å². The Kier molecular flexibility index (Phi) is 4.24. The number of aromatic hydroxyl groups is 1. The fourth-order valence-corrected chi connectivity index (χ4v) is 2.32. The van der Waals surface area contributed by atoms with E-state index in [1.54, 1.807) is 6.07 Å². The fourth-order valence-electron chi connectivity index (χ4n) is 2.32. The Bertz CT molecular complexity index is 916. The molecular formula is C19H13FO4. The maximum atomic E-state index is 12.8. The molecule has 0 bridgehead atoms. The lowest BCUT2D eigenvalue weighted by atomic mass is 10.1. The Morgan fingerprint density at radius 3 is 2.25 bits per heavy atom. The van der Waals surface area contributed by atoms with Crippen LogP contribution in [0.2, 0.25) is 0 Å². The SMILES string of the molecule is O=C(COC(=O)c1cc2ccccc2cc1O)c1ccc(F)cc1. The number of hydrogen-bond acceptors (Lipinski definition) is 4. The minimum Gasteiger partial charge on any atom is -0.507 e. The van der Waals surface area contributed by atoms with Gasteiger partial charge in [0.05, 0.1) is 0 Å². The van der Waals surface area contributed by atoms with Crippen LogP contribution in [0.1, 0.15) is 20.7 Å². The van der Waals surface area contributed by atoms with Crippen LogP contribution >= 0.6 is 0 Å². The highest BCUT2D eigenvalue weighted by Gasteiger charge is 2.16. The van der Waals surface area contributed by atoms with E-state index in [0.717, 1.165) is 22.9 Å². The van der Waals surface area contributed by atoms with Crippen LogP contribution in [0.3, 0.4) is 0 Å². The number of Topliss-reactive ketones (excluding diaryl/α,β-unsaturated/α-hetero) is 1. The maximum Gasteiger partial charge on any atom is 0.342 e. The van der Waals surface area contributed by atoms with E-state index in [2.05, 4.69) is 0 Å². The number of phenolic OH excluding ortho intramolecular Hbond substituents is 1. The summed E-state index contributed by atoms with van der Waals surface area (Å²) >= 11 is 0. The van der Waals surface area contributed by atoms with Crippen LogP contribution in [0, 0.1) is 5.82 Å². The number of carbonyl (C=O) groups is 2. The summed E-state index contributed by atoms with van der Waals surface area (Å²) < 4.78 is 17.8. The number of esters is 1. The van der Waals surface area contributed by atoms with Gasteiger partial charge in [-0.05, 0) is 47.2 Å². The van der Waals surface area contributed by atoms with Crippen molar-refractivity contribution in [3.05, 3.63) is 77.6 Å². The number of carbonyl (C=O) groups excluding carboxylic acids is 2. The average Bonchev–Trinajstić information content (AvgIpc) is 2.59. The van der Waals surface area contributed by atoms with Crippen molar-refractivity contribution in [1.29, 1.82) is 0 Å². The van der Waals surface area contributed by atoms with Gasteiger partial charge in [0.25, 0.3) is 0 Å². The zero-order chi connectivity index (χ0) is 17.1. The van der Waals surface area contributed by atoms with Crippen LogP contribution in [-0.4, -0.2) is 23.5 Å². The summed E-state index contributed by atoms with van der Waals surface area (Å²) in [6.45, 7) is -0.489. The third-order valence-electron chi connectivity index (χ3n) is 3.58. The van der Waals surface area contributed by atoms with E-state index in [9.17, 15) is 19.1 Å². The van der Waals surface area contributed by atoms with Crippen LogP contribution < -0.4 is 0 Å². The molecule has 4 nitrogen and oxygen atoms in total. The molecule has 0 spiro atoms. The van der Waals surface area contributed by atoms with E-state index in [0.29, 0.717) is 0 Å². The van der Waals surface area contributed by atoms with Gasteiger partial charge >= 0.3 is 5.97 Å². The van der Waals surface area contributed by atoms with Crippen LogP contribution in [0.25, 0.3) is 10.8 Å². The monoisotopic (exact) mass is 324 g/mol. The molecule has 0 saturated heterocycles. The molecule has 3 aromatic carbocycles. The van der Waals surface area contributed by atoms with Gasteiger partial charge in [-0.3, -0.25) is 4.79 Å². The summed E-state index contributed by atoms with van der Waals surface area (Å²) in [5.74, 6) is -1.92. The zero-order valence-electron chi connectivity index (χ0n) is 12.5. The molecule has 0 fully saturated rings. The van der Waals surface area contributed by atoms with E-state index in [1.807, 2.05) is 18.2 Å². The van der Waals surface area contributed by atoms with Crippen LogP contribution in [0.5, 0.6) is 5.75 Å². The Balaban J connectivity index is 1.74. The highest BCUT2D eigenvalue weighted by Crippen LogP contribution is 2.25. The summed E-state index contributed by atoms with van der Waals surface area (Å²) in [6.07, 6.45) is 0. The van der Waals surface area contributed by atoms with Crippen molar-refractivity contribution >= 4 is 22.5 Å². The van der Waals surface area contributed by atoms with Gasteiger partial charge in [-0.2, -0.15) is 0 Å². The number of phenols is 1. The van der Waals surface area contributed by atoms with Gasteiger partial charge < -0.3 is 9.84 Å². The molecule has 0 heterocycles. The van der Waals surface area contributed by atoms with Crippen molar-refractivity contribution in [2.45, 2.75) is 0 Å². The summed E-state index contributed by atoms with van der Waals surface area (Å²) in [4.78, 5) is 24.0. The first-order valence-corrected chi connectivity index (χ1v) is 7.22. The van der Waals surface area contributed by atoms with E-state index < -0.39 is 24.2 Å². The Morgan fingerprint density at radius 2 is 1.58 bits per heavy atom. The second kappa shape index (κ2) is 6.50. The van der Waals surface area contributed by atoms with Crippen molar-refractivity contribution in [3.8, 4) is 5.75 Å². The lowest BCUT2D eigenvalue weighted by molar-refractivity contribution is 0.0472. The third-order valence-corrected chi connectivity index (χ3v) is 3.58. The second-order valence-corrected chi connectivity index (χ2v) is 5.22. The summed E-state index contributed by atoms with van der Waals surface area (Å²) in [6, 6.07) is 15.2. The average molecular weight is 324 g/mol. The lowest BCUT2D eigenvalue weighted by Gasteiger charge is -2.08. The number of hydrogen-bond donors (Lipinski definition) is 1. The molecule has 5 heteroatoms. The molecule has 0 aliphatic heterocycles. The quantitative estimate of drug-likeness (QED) is 0.587. The van der Waals surface area contributed by atoms with Crippen molar-refractivity contribution in [2.75, 3.05) is 6.61 Å². The Labute approximate surface area is 137 Å². The third kappa shape index (κ3) is 3.25. The van der Waals surface area contributed by atoms with Gasteiger partial charge in [0.15, 0.2) is 12.4 Å². The molecule has 0 amide bonds. The standard InChI is InChI=1S/C19H13FO4/c20-15-7-5-12(6-8-15)18(22)11-24-19(23)16-9-13-3-1-2-4-14(13)10-17(16)21/h1-10,21H,11H2. The molecule has 3 rings (SSSR count). The molecule has 0 radical (unpaired) electrons. The van der Waals surface area contributed by atoms with Crippen molar-refractivity contribution in [1.82, 2.24) is 0 Å². The van der Waals surface area contributed by atoms with E-state index >= 15 is 0 Å². The van der Waals surface area contributed by atoms with Crippen LogP contribution in [0.15, 0.2) is 60.7 Å². The van der Waals surface area contributed by atoms with Gasteiger partial charge in [-0.15, -0.1) is 0 Å².